The van der Waals surface area contributed by atoms with Crippen LogP contribution in [0, 0.1) is 0 Å². The van der Waals surface area contributed by atoms with Crippen molar-refractivity contribution in [2.75, 3.05) is 6.61 Å². The molecule has 0 saturated carbocycles. The number of aromatic nitrogens is 2. The molecule has 0 amide bonds. The van der Waals surface area contributed by atoms with Gasteiger partial charge in [0.2, 0.25) is 0 Å². The quantitative estimate of drug-likeness (QED) is 0.137. The Hall–Kier alpha value is -4.62. The van der Waals surface area contributed by atoms with Crippen molar-refractivity contribution in [3.63, 3.8) is 0 Å². The number of hydrogen-bond donors (Lipinski definition) is 2. The Balaban J connectivity index is 1.47. The monoisotopic (exact) mass is 620 g/mol. The summed E-state index contributed by atoms with van der Waals surface area (Å²) >= 11 is 3.60. The standard InChI is InChI=1S/C35H29BrN2O4/c1-38-29-19-8-6-16-27(29)33(39)31(34(38)40)30(23-13-9-14-24(36)21-23)32-26(25-15-5-7-18-28(25)37-32)17-10-20-42-35(41)22-11-3-2-4-12-22/h2-9,11-16,18-19,21,30,37,39H,10,17,20H2,1H3. The topological polar surface area (TPSA) is 84.3 Å². The number of para-hydroxylation sites is 2. The highest BCUT2D eigenvalue weighted by atomic mass is 79.9. The van der Waals surface area contributed by atoms with Gasteiger partial charge in [0.05, 0.1) is 29.2 Å². The van der Waals surface area contributed by atoms with E-state index < -0.39 is 5.92 Å². The van der Waals surface area contributed by atoms with Crippen LogP contribution in [0.1, 0.15) is 45.1 Å². The van der Waals surface area contributed by atoms with Crippen LogP contribution in [0.3, 0.4) is 0 Å². The van der Waals surface area contributed by atoms with Gasteiger partial charge in [0.25, 0.3) is 5.56 Å². The maximum Gasteiger partial charge on any atom is 0.338 e. The van der Waals surface area contributed by atoms with Gasteiger partial charge in [-0.05, 0) is 66.4 Å². The molecule has 0 saturated heterocycles. The summed E-state index contributed by atoms with van der Waals surface area (Å²) in [5.41, 5.74) is 4.84. The molecule has 4 aromatic carbocycles. The number of aromatic amines is 1. The van der Waals surface area contributed by atoms with Gasteiger partial charge in [-0.25, -0.2) is 4.79 Å². The highest BCUT2D eigenvalue weighted by Gasteiger charge is 2.30. The van der Waals surface area contributed by atoms with Crippen molar-refractivity contribution >= 4 is 43.7 Å². The van der Waals surface area contributed by atoms with Crippen LogP contribution in [0.4, 0.5) is 0 Å². The third-order valence-corrected chi connectivity index (χ3v) is 8.22. The highest BCUT2D eigenvalue weighted by Crippen LogP contribution is 2.41. The number of aryl methyl sites for hydroxylation is 2. The summed E-state index contributed by atoms with van der Waals surface area (Å²) in [6.45, 7) is 0.247. The van der Waals surface area contributed by atoms with E-state index in [4.69, 9.17) is 4.74 Å². The molecule has 0 spiro atoms. The van der Waals surface area contributed by atoms with E-state index in [1.807, 2.05) is 84.9 Å². The Morgan fingerprint density at radius 2 is 1.64 bits per heavy atom. The van der Waals surface area contributed by atoms with Crippen molar-refractivity contribution in [3.8, 4) is 5.75 Å². The van der Waals surface area contributed by atoms with Crippen LogP contribution >= 0.6 is 15.9 Å². The minimum atomic E-state index is -0.583. The second-order valence-electron chi connectivity index (χ2n) is 10.3. The number of carbonyl (C=O) groups is 1. The number of aromatic hydroxyl groups is 1. The predicted octanol–water partition coefficient (Wildman–Crippen LogP) is 7.46. The second kappa shape index (κ2) is 11.7. The lowest BCUT2D eigenvalue weighted by molar-refractivity contribution is 0.0500. The smallest absolute Gasteiger partial charge is 0.338 e. The molecule has 6 rings (SSSR count). The Kier molecular flexibility index (Phi) is 7.68. The average Bonchev–Trinajstić information content (AvgIpc) is 3.38. The first-order valence-electron chi connectivity index (χ1n) is 13.8. The lowest BCUT2D eigenvalue weighted by Gasteiger charge is -2.22. The van der Waals surface area contributed by atoms with Gasteiger partial charge in [-0.3, -0.25) is 4.79 Å². The molecular weight excluding hydrogens is 592 g/mol. The van der Waals surface area contributed by atoms with Gasteiger partial charge < -0.3 is 19.4 Å². The molecule has 2 heterocycles. The van der Waals surface area contributed by atoms with Crippen molar-refractivity contribution in [2.24, 2.45) is 7.05 Å². The second-order valence-corrected chi connectivity index (χ2v) is 11.2. The molecule has 1 atom stereocenters. The van der Waals surface area contributed by atoms with Crippen LogP contribution in [0.5, 0.6) is 5.75 Å². The molecule has 6 nitrogen and oxygen atoms in total. The fourth-order valence-corrected chi connectivity index (χ4v) is 6.15. The number of nitrogens with zero attached hydrogens (tertiary/aromatic N) is 1. The van der Waals surface area contributed by atoms with Gasteiger partial charge in [0, 0.05) is 33.5 Å². The molecule has 7 heteroatoms. The molecule has 2 N–H and O–H groups in total. The number of esters is 1. The molecule has 0 aliphatic rings. The van der Waals surface area contributed by atoms with Crippen LogP contribution in [0.25, 0.3) is 21.8 Å². The third kappa shape index (κ3) is 5.12. The number of rotatable bonds is 8. The first kappa shape index (κ1) is 27.5. The SMILES string of the molecule is Cn1c(=O)c(C(c2cccc(Br)c2)c2[nH]c3ccccc3c2CCCOC(=O)c2ccccc2)c(O)c2ccccc21. The third-order valence-electron chi connectivity index (χ3n) is 7.73. The Labute approximate surface area is 251 Å². The lowest BCUT2D eigenvalue weighted by atomic mass is 9.85. The maximum atomic E-state index is 14.0. The van der Waals surface area contributed by atoms with Gasteiger partial charge in [-0.1, -0.05) is 76.6 Å². The largest absolute Gasteiger partial charge is 0.507 e. The molecule has 0 aliphatic carbocycles. The van der Waals surface area contributed by atoms with E-state index in [2.05, 4.69) is 27.0 Å². The Bertz CT molecular complexity index is 1980. The minimum absolute atomic E-state index is 0.0277. The highest BCUT2D eigenvalue weighted by molar-refractivity contribution is 9.10. The number of H-pyrrole nitrogens is 1. The fraction of sp³-hybridized carbons (Fsp3) is 0.143. The van der Waals surface area contributed by atoms with Gasteiger partial charge >= 0.3 is 5.97 Å². The fourth-order valence-electron chi connectivity index (χ4n) is 5.73. The van der Waals surface area contributed by atoms with Crippen LogP contribution < -0.4 is 5.56 Å². The minimum Gasteiger partial charge on any atom is -0.507 e. The van der Waals surface area contributed by atoms with E-state index >= 15 is 0 Å². The molecule has 0 fully saturated rings. The zero-order valence-corrected chi connectivity index (χ0v) is 24.6. The van der Waals surface area contributed by atoms with E-state index in [1.54, 1.807) is 23.7 Å². The van der Waals surface area contributed by atoms with Gasteiger partial charge in [-0.15, -0.1) is 0 Å². The van der Waals surface area contributed by atoms with Gasteiger partial charge in [0.1, 0.15) is 5.75 Å². The maximum absolute atomic E-state index is 14.0. The summed E-state index contributed by atoms with van der Waals surface area (Å²) in [5.74, 6) is -0.966. The van der Waals surface area contributed by atoms with E-state index in [0.717, 1.165) is 32.2 Å². The number of benzene rings is 4. The number of fused-ring (bicyclic) bond motifs is 2. The van der Waals surface area contributed by atoms with Crippen molar-refractivity contribution in [1.29, 1.82) is 0 Å². The van der Waals surface area contributed by atoms with Crippen LogP contribution in [0.15, 0.2) is 112 Å². The van der Waals surface area contributed by atoms with Crippen LogP contribution in [-0.2, 0) is 18.2 Å². The molecule has 0 aliphatic heterocycles. The molecule has 0 bridgehead atoms. The number of carbonyl (C=O) groups excluding carboxylic acids is 1. The first-order valence-corrected chi connectivity index (χ1v) is 14.6. The Morgan fingerprint density at radius 1 is 0.929 bits per heavy atom. The van der Waals surface area contributed by atoms with Crippen molar-refractivity contribution in [1.82, 2.24) is 9.55 Å². The molecule has 210 valence electrons. The number of nitrogens with one attached hydrogen (secondary N) is 1. The average molecular weight is 622 g/mol. The summed E-state index contributed by atoms with van der Waals surface area (Å²) in [7, 11) is 1.73. The van der Waals surface area contributed by atoms with Crippen molar-refractivity contribution < 1.29 is 14.6 Å². The summed E-state index contributed by atoms with van der Waals surface area (Å²) in [5, 5.41) is 13.3. The van der Waals surface area contributed by atoms with Crippen molar-refractivity contribution in [2.45, 2.75) is 18.8 Å². The predicted molar refractivity (Wildman–Crippen MR) is 169 cm³/mol. The zero-order valence-electron chi connectivity index (χ0n) is 23.0. The van der Waals surface area contributed by atoms with Crippen molar-refractivity contribution in [3.05, 3.63) is 146 Å². The molecular formula is C35H29BrN2O4. The lowest BCUT2D eigenvalue weighted by Crippen LogP contribution is -2.25. The summed E-state index contributed by atoms with van der Waals surface area (Å²) in [6, 6.07) is 32.2. The molecule has 42 heavy (non-hydrogen) atoms. The van der Waals surface area contributed by atoms with Gasteiger partial charge in [-0.2, -0.15) is 0 Å². The molecule has 2 aromatic heterocycles. The number of pyridine rings is 1. The summed E-state index contributed by atoms with van der Waals surface area (Å²) < 4.78 is 8.04. The molecule has 1 unspecified atom stereocenters. The normalized spacial score (nSPS) is 12.0. The van der Waals surface area contributed by atoms with E-state index in [-0.39, 0.29) is 23.9 Å². The summed E-state index contributed by atoms with van der Waals surface area (Å²) in [6.07, 6.45) is 1.18. The summed E-state index contributed by atoms with van der Waals surface area (Å²) in [4.78, 5) is 30.1. The molecule has 0 radical (unpaired) electrons. The van der Waals surface area contributed by atoms with Gasteiger partial charge in [0.15, 0.2) is 0 Å². The first-order chi connectivity index (χ1) is 20.4. The molecule has 6 aromatic rings. The van der Waals surface area contributed by atoms with Crippen LogP contribution in [-0.4, -0.2) is 27.2 Å². The number of ether oxygens (including phenoxy) is 1. The zero-order chi connectivity index (χ0) is 29.2. The number of hydrogen-bond acceptors (Lipinski definition) is 4. The van der Waals surface area contributed by atoms with E-state index in [0.29, 0.717) is 34.9 Å². The van der Waals surface area contributed by atoms with Crippen LogP contribution in [0.2, 0.25) is 0 Å². The van der Waals surface area contributed by atoms with E-state index in [1.165, 1.54) is 0 Å². The van der Waals surface area contributed by atoms with E-state index in [9.17, 15) is 14.7 Å². The number of halogens is 1. The Morgan fingerprint density at radius 3 is 2.43 bits per heavy atom.